The summed E-state index contributed by atoms with van der Waals surface area (Å²) in [5.74, 6) is -0.560. The first-order chi connectivity index (χ1) is 14.8. The number of anilines is 2. The molecule has 4 rings (SSSR count). The summed E-state index contributed by atoms with van der Waals surface area (Å²) in [4.78, 5) is 25.7. The van der Waals surface area contributed by atoms with E-state index in [9.17, 15) is 23.3 Å². The van der Waals surface area contributed by atoms with E-state index in [0.717, 1.165) is 12.8 Å². The minimum Gasteiger partial charge on any atom is -0.378 e. The van der Waals surface area contributed by atoms with Crippen molar-refractivity contribution in [2.75, 3.05) is 36.5 Å². The highest BCUT2D eigenvalue weighted by Crippen LogP contribution is 2.28. The molecule has 2 aromatic carbocycles. The van der Waals surface area contributed by atoms with Crippen molar-refractivity contribution in [1.29, 1.82) is 0 Å². The van der Waals surface area contributed by atoms with Crippen LogP contribution >= 0.6 is 0 Å². The SMILES string of the molecule is O=C(Nc1cccc(S(=O)(=O)NC2CC2)c1)c1cc([N+](=O)[O-])ccc1N1CCOCC1. The summed E-state index contributed by atoms with van der Waals surface area (Å²) in [6, 6.07) is 10.0. The number of rotatable bonds is 7. The van der Waals surface area contributed by atoms with Crippen LogP contribution in [0.5, 0.6) is 0 Å². The summed E-state index contributed by atoms with van der Waals surface area (Å²) < 4.78 is 32.8. The summed E-state index contributed by atoms with van der Waals surface area (Å²) in [5.41, 5.74) is 0.779. The largest absolute Gasteiger partial charge is 0.378 e. The fraction of sp³-hybridized carbons (Fsp3) is 0.350. The third-order valence-electron chi connectivity index (χ3n) is 5.09. The number of hydrogen-bond acceptors (Lipinski definition) is 7. The molecule has 0 radical (unpaired) electrons. The topological polar surface area (TPSA) is 131 Å². The summed E-state index contributed by atoms with van der Waals surface area (Å²) in [6.45, 7) is 2.09. The van der Waals surface area contributed by atoms with Crippen LogP contribution in [0.2, 0.25) is 0 Å². The molecule has 2 aromatic rings. The van der Waals surface area contributed by atoms with Crippen LogP contribution in [0.3, 0.4) is 0 Å². The van der Waals surface area contributed by atoms with E-state index in [1.54, 1.807) is 12.1 Å². The van der Waals surface area contributed by atoms with Crippen LogP contribution in [0.25, 0.3) is 0 Å². The van der Waals surface area contributed by atoms with Crippen LogP contribution in [0.4, 0.5) is 17.1 Å². The molecule has 11 heteroatoms. The highest BCUT2D eigenvalue weighted by atomic mass is 32.2. The van der Waals surface area contributed by atoms with Crippen LogP contribution in [0.1, 0.15) is 23.2 Å². The van der Waals surface area contributed by atoms with E-state index >= 15 is 0 Å². The Morgan fingerprint density at radius 2 is 1.87 bits per heavy atom. The molecule has 0 atom stereocenters. The lowest BCUT2D eigenvalue weighted by molar-refractivity contribution is -0.384. The molecule has 1 aliphatic carbocycles. The highest BCUT2D eigenvalue weighted by molar-refractivity contribution is 7.89. The number of ether oxygens (including phenoxy) is 1. The third-order valence-corrected chi connectivity index (χ3v) is 6.61. The van der Waals surface area contributed by atoms with Crippen LogP contribution in [0, 0.1) is 10.1 Å². The molecule has 164 valence electrons. The number of carbonyl (C=O) groups excluding carboxylic acids is 1. The van der Waals surface area contributed by atoms with E-state index in [1.807, 2.05) is 4.90 Å². The standard InChI is InChI=1S/C20H22N4O6S/c25-20(21-15-2-1-3-17(12-15)31(28,29)22-14-4-5-14)18-13-16(24(26)27)6-7-19(18)23-8-10-30-11-9-23/h1-3,6-7,12-14,22H,4-5,8-11H2,(H,21,25). The molecule has 1 saturated carbocycles. The van der Waals surface area contributed by atoms with Crippen molar-refractivity contribution in [3.05, 3.63) is 58.1 Å². The van der Waals surface area contributed by atoms with Gasteiger partial charge in [0.05, 0.1) is 34.3 Å². The number of amides is 1. The first-order valence-corrected chi connectivity index (χ1v) is 11.4. The molecule has 2 aliphatic rings. The van der Waals surface area contributed by atoms with Crippen molar-refractivity contribution in [3.8, 4) is 0 Å². The van der Waals surface area contributed by atoms with Crippen molar-refractivity contribution < 1.29 is 22.9 Å². The summed E-state index contributed by atoms with van der Waals surface area (Å²) in [5, 5.41) is 13.9. The second-order valence-electron chi connectivity index (χ2n) is 7.44. The lowest BCUT2D eigenvalue weighted by atomic mass is 10.1. The zero-order valence-electron chi connectivity index (χ0n) is 16.6. The maximum Gasteiger partial charge on any atom is 0.270 e. The lowest BCUT2D eigenvalue weighted by Crippen LogP contribution is -2.37. The number of nitrogens with one attached hydrogen (secondary N) is 2. The normalized spacial score (nSPS) is 16.7. The van der Waals surface area contributed by atoms with Gasteiger partial charge in [-0.25, -0.2) is 13.1 Å². The molecule has 0 bridgehead atoms. The van der Waals surface area contributed by atoms with Crippen molar-refractivity contribution in [2.45, 2.75) is 23.8 Å². The van der Waals surface area contributed by atoms with Gasteiger partial charge in [0.1, 0.15) is 0 Å². The first kappa shape index (κ1) is 21.2. The zero-order valence-corrected chi connectivity index (χ0v) is 17.4. The molecule has 1 heterocycles. The number of morpholine rings is 1. The number of hydrogen-bond donors (Lipinski definition) is 2. The third kappa shape index (κ3) is 5.01. The number of nitro benzene ring substituents is 1. The fourth-order valence-electron chi connectivity index (χ4n) is 3.33. The van der Waals surface area contributed by atoms with Crippen LogP contribution in [-0.2, 0) is 14.8 Å². The van der Waals surface area contributed by atoms with E-state index in [1.165, 1.54) is 30.3 Å². The van der Waals surface area contributed by atoms with Gasteiger partial charge in [-0.3, -0.25) is 14.9 Å². The summed E-state index contributed by atoms with van der Waals surface area (Å²) in [6.07, 6.45) is 1.62. The van der Waals surface area contributed by atoms with E-state index in [4.69, 9.17) is 4.74 Å². The summed E-state index contributed by atoms with van der Waals surface area (Å²) in [7, 11) is -3.68. The number of carbonyl (C=O) groups is 1. The Bertz CT molecular complexity index is 1110. The van der Waals surface area contributed by atoms with Gasteiger partial charge < -0.3 is 15.0 Å². The van der Waals surface area contributed by atoms with Gasteiger partial charge in [0.25, 0.3) is 11.6 Å². The maximum absolute atomic E-state index is 13.0. The van der Waals surface area contributed by atoms with Crippen molar-refractivity contribution in [1.82, 2.24) is 4.72 Å². The Labute approximate surface area is 179 Å². The Morgan fingerprint density at radius 1 is 1.13 bits per heavy atom. The van der Waals surface area contributed by atoms with Gasteiger partial charge in [-0.2, -0.15) is 0 Å². The van der Waals surface area contributed by atoms with Crippen molar-refractivity contribution in [3.63, 3.8) is 0 Å². The van der Waals surface area contributed by atoms with E-state index in [-0.39, 0.29) is 27.9 Å². The Balaban J connectivity index is 1.61. The van der Waals surface area contributed by atoms with Gasteiger partial charge in [0.15, 0.2) is 0 Å². The van der Waals surface area contributed by atoms with Crippen molar-refractivity contribution in [2.24, 2.45) is 0 Å². The molecule has 1 amide bonds. The minimum atomic E-state index is -3.68. The predicted molar refractivity (Wildman–Crippen MR) is 114 cm³/mol. The zero-order chi connectivity index (χ0) is 22.0. The number of nitro groups is 1. The molecule has 1 saturated heterocycles. The van der Waals surface area contributed by atoms with Gasteiger partial charge in [-0.15, -0.1) is 0 Å². The molecule has 0 spiro atoms. The van der Waals surface area contributed by atoms with Gasteiger partial charge in [0.2, 0.25) is 10.0 Å². The van der Waals surface area contributed by atoms with Crippen LogP contribution < -0.4 is 14.9 Å². The van der Waals surface area contributed by atoms with Gasteiger partial charge in [-0.1, -0.05) is 6.07 Å². The lowest BCUT2D eigenvalue weighted by Gasteiger charge is -2.30. The average Bonchev–Trinajstić information content (AvgIpc) is 3.57. The Kier molecular flexibility index (Phi) is 5.90. The monoisotopic (exact) mass is 446 g/mol. The Morgan fingerprint density at radius 3 is 2.55 bits per heavy atom. The molecule has 1 aliphatic heterocycles. The van der Waals surface area contributed by atoms with E-state index in [2.05, 4.69) is 10.0 Å². The fourth-order valence-corrected chi connectivity index (χ4v) is 4.68. The molecule has 2 fully saturated rings. The molecule has 10 nitrogen and oxygen atoms in total. The number of sulfonamides is 1. The van der Waals surface area contributed by atoms with Crippen LogP contribution in [0.15, 0.2) is 47.4 Å². The molecule has 31 heavy (non-hydrogen) atoms. The van der Waals surface area contributed by atoms with E-state index < -0.39 is 20.9 Å². The predicted octanol–water partition coefficient (Wildman–Crippen LogP) is 2.12. The second kappa shape index (κ2) is 8.61. The molecule has 0 aromatic heterocycles. The quantitative estimate of drug-likeness (QED) is 0.492. The number of non-ortho nitro benzene ring substituents is 1. The van der Waals surface area contributed by atoms with Crippen molar-refractivity contribution >= 4 is 33.0 Å². The number of nitrogens with zero attached hydrogens (tertiary/aromatic N) is 2. The van der Waals surface area contributed by atoms with Gasteiger partial charge in [-0.05, 0) is 37.1 Å². The smallest absolute Gasteiger partial charge is 0.270 e. The minimum absolute atomic E-state index is 0.0378. The van der Waals surface area contributed by atoms with Gasteiger partial charge >= 0.3 is 0 Å². The van der Waals surface area contributed by atoms with Crippen LogP contribution in [-0.4, -0.2) is 51.6 Å². The second-order valence-corrected chi connectivity index (χ2v) is 9.15. The maximum atomic E-state index is 13.0. The highest BCUT2D eigenvalue weighted by Gasteiger charge is 2.28. The molecule has 2 N–H and O–H groups in total. The molecule has 0 unspecified atom stereocenters. The molecular weight excluding hydrogens is 424 g/mol. The van der Waals surface area contributed by atoms with E-state index in [0.29, 0.717) is 32.0 Å². The van der Waals surface area contributed by atoms with Gasteiger partial charge in [0, 0.05) is 37.0 Å². The Hall–Kier alpha value is -3.02. The number of benzene rings is 2. The molecular formula is C20H22N4O6S. The average molecular weight is 446 g/mol. The first-order valence-electron chi connectivity index (χ1n) is 9.88. The summed E-state index contributed by atoms with van der Waals surface area (Å²) >= 11 is 0.